The van der Waals surface area contributed by atoms with E-state index in [0.717, 1.165) is 33.6 Å². The molecule has 2 N–H and O–H groups in total. The number of para-hydroxylation sites is 2. The fourth-order valence-corrected chi connectivity index (χ4v) is 4.43. The van der Waals surface area contributed by atoms with Gasteiger partial charge in [-0.2, -0.15) is 0 Å². The van der Waals surface area contributed by atoms with Crippen LogP contribution in [0.3, 0.4) is 0 Å². The second-order valence-corrected chi connectivity index (χ2v) is 10.6. The first-order chi connectivity index (χ1) is 17.0. The number of nitrogens with zero attached hydrogens (tertiary/aromatic N) is 1. The molecular weight excluding hydrogens is 446 g/mol. The van der Waals surface area contributed by atoms with Gasteiger partial charge in [0.25, 0.3) is 11.8 Å². The number of pyridine rings is 1. The Morgan fingerprint density at radius 3 is 1.08 bits per heavy atom. The second-order valence-electron chi connectivity index (χ2n) is 10.6. The van der Waals surface area contributed by atoms with Gasteiger partial charge in [-0.15, -0.1) is 0 Å². The lowest BCUT2D eigenvalue weighted by molar-refractivity contribution is 0.101. The van der Waals surface area contributed by atoms with Gasteiger partial charge in [0.05, 0.1) is 0 Å². The van der Waals surface area contributed by atoms with Crippen LogP contribution in [0.1, 0.15) is 122 Å². The smallest absolute Gasteiger partial charge is 0.274 e. The van der Waals surface area contributed by atoms with Gasteiger partial charge in [0.15, 0.2) is 0 Å². The van der Waals surface area contributed by atoms with Crippen molar-refractivity contribution in [2.75, 3.05) is 10.6 Å². The predicted octanol–water partition coefficient (Wildman–Crippen LogP) is 8.08. The Bertz CT molecular complexity index is 1100. The van der Waals surface area contributed by atoms with Crippen molar-refractivity contribution in [1.29, 1.82) is 0 Å². The highest BCUT2D eigenvalue weighted by molar-refractivity contribution is 6.07. The lowest BCUT2D eigenvalue weighted by atomic mass is 9.92. The van der Waals surface area contributed by atoms with Crippen molar-refractivity contribution in [3.63, 3.8) is 0 Å². The largest absolute Gasteiger partial charge is 0.320 e. The fraction of sp³-hybridized carbons (Fsp3) is 0.387. The Morgan fingerprint density at radius 2 is 0.806 bits per heavy atom. The standard InChI is InChI=1S/C31H39N3O2/c1-18(2)22-12-9-13-23(19(3)4)28(22)33-30(35)26-16-11-17-27(32-26)31(36)34-29-24(20(5)6)14-10-15-25(29)21(7)8/h9-21H,1-8H3,(H,33,35)(H,34,36). The van der Waals surface area contributed by atoms with Crippen LogP contribution in [0.4, 0.5) is 11.4 Å². The molecule has 1 aromatic heterocycles. The van der Waals surface area contributed by atoms with E-state index in [-0.39, 0.29) is 46.9 Å². The zero-order valence-corrected chi connectivity index (χ0v) is 22.8. The molecule has 0 aliphatic heterocycles. The van der Waals surface area contributed by atoms with Crippen molar-refractivity contribution in [1.82, 2.24) is 4.98 Å². The maximum Gasteiger partial charge on any atom is 0.274 e. The molecule has 36 heavy (non-hydrogen) atoms. The first-order valence-electron chi connectivity index (χ1n) is 12.9. The summed E-state index contributed by atoms with van der Waals surface area (Å²) in [5, 5.41) is 6.18. The summed E-state index contributed by atoms with van der Waals surface area (Å²) in [5.41, 5.74) is 6.39. The van der Waals surface area contributed by atoms with Gasteiger partial charge in [-0.1, -0.05) is 97.9 Å². The van der Waals surface area contributed by atoms with Gasteiger partial charge in [-0.05, 0) is 58.1 Å². The van der Waals surface area contributed by atoms with E-state index in [1.54, 1.807) is 18.2 Å². The molecule has 0 aliphatic carbocycles. The van der Waals surface area contributed by atoms with Crippen molar-refractivity contribution in [2.24, 2.45) is 0 Å². The second kappa shape index (κ2) is 11.5. The van der Waals surface area contributed by atoms with Crippen LogP contribution in [-0.2, 0) is 0 Å². The van der Waals surface area contributed by atoms with Crippen LogP contribution in [0.2, 0.25) is 0 Å². The highest BCUT2D eigenvalue weighted by Gasteiger charge is 2.20. The number of anilines is 2. The van der Waals surface area contributed by atoms with E-state index in [0.29, 0.717) is 0 Å². The van der Waals surface area contributed by atoms with Gasteiger partial charge < -0.3 is 10.6 Å². The van der Waals surface area contributed by atoms with Crippen LogP contribution >= 0.6 is 0 Å². The van der Waals surface area contributed by atoms with Gasteiger partial charge >= 0.3 is 0 Å². The molecule has 0 aliphatic rings. The summed E-state index contributed by atoms with van der Waals surface area (Å²) >= 11 is 0. The molecule has 5 nitrogen and oxygen atoms in total. The maximum absolute atomic E-state index is 13.3. The van der Waals surface area contributed by atoms with Gasteiger partial charge in [0.1, 0.15) is 11.4 Å². The van der Waals surface area contributed by atoms with Crippen LogP contribution in [0.25, 0.3) is 0 Å². The minimum Gasteiger partial charge on any atom is -0.320 e. The summed E-state index contributed by atoms with van der Waals surface area (Å²) in [4.78, 5) is 31.0. The first-order valence-corrected chi connectivity index (χ1v) is 12.9. The third-order valence-electron chi connectivity index (χ3n) is 6.44. The summed E-state index contributed by atoms with van der Waals surface area (Å²) in [7, 11) is 0. The minimum atomic E-state index is -0.329. The monoisotopic (exact) mass is 485 g/mol. The molecule has 0 bridgehead atoms. The van der Waals surface area contributed by atoms with E-state index in [4.69, 9.17) is 0 Å². The molecule has 0 radical (unpaired) electrons. The number of hydrogen-bond donors (Lipinski definition) is 2. The molecule has 2 amide bonds. The van der Waals surface area contributed by atoms with E-state index in [1.807, 2.05) is 36.4 Å². The summed E-state index contributed by atoms with van der Waals surface area (Å²) in [6.45, 7) is 16.9. The summed E-state index contributed by atoms with van der Waals surface area (Å²) in [5.74, 6) is 0.344. The Hall–Kier alpha value is -3.47. The number of aromatic nitrogens is 1. The van der Waals surface area contributed by atoms with E-state index in [9.17, 15) is 9.59 Å². The molecule has 0 fully saturated rings. The number of carbonyl (C=O) groups is 2. The average molecular weight is 486 g/mol. The number of carbonyl (C=O) groups excluding carboxylic acids is 2. The molecule has 1 heterocycles. The van der Waals surface area contributed by atoms with Gasteiger partial charge in [0.2, 0.25) is 0 Å². The molecule has 190 valence electrons. The van der Waals surface area contributed by atoms with Gasteiger partial charge in [-0.3, -0.25) is 9.59 Å². The topological polar surface area (TPSA) is 71.1 Å². The van der Waals surface area contributed by atoms with E-state index in [1.165, 1.54) is 0 Å². The molecule has 0 saturated heterocycles. The fourth-order valence-electron chi connectivity index (χ4n) is 4.43. The predicted molar refractivity (Wildman–Crippen MR) is 149 cm³/mol. The summed E-state index contributed by atoms with van der Waals surface area (Å²) < 4.78 is 0. The van der Waals surface area contributed by atoms with E-state index in [2.05, 4.69) is 71.0 Å². The normalized spacial score (nSPS) is 11.4. The third kappa shape index (κ3) is 6.01. The molecule has 0 saturated carbocycles. The number of rotatable bonds is 8. The van der Waals surface area contributed by atoms with Crippen LogP contribution in [0.15, 0.2) is 54.6 Å². The SMILES string of the molecule is CC(C)c1cccc(C(C)C)c1NC(=O)c1cccc(C(=O)Nc2c(C(C)C)cccc2C(C)C)n1. The number of benzene rings is 2. The van der Waals surface area contributed by atoms with Crippen LogP contribution in [0, 0.1) is 0 Å². The van der Waals surface area contributed by atoms with Crippen LogP contribution in [-0.4, -0.2) is 16.8 Å². The Labute approximate surface area is 215 Å². The number of amides is 2. The highest BCUT2D eigenvalue weighted by atomic mass is 16.2. The van der Waals surface area contributed by atoms with Crippen molar-refractivity contribution in [3.05, 3.63) is 88.2 Å². The zero-order valence-electron chi connectivity index (χ0n) is 22.8. The highest BCUT2D eigenvalue weighted by Crippen LogP contribution is 2.34. The van der Waals surface area contributed by atoms with Gasteiger partial charge in [0, 0.05) is 11.4 Å². The number of nitrogens with one attached hydrogen (secondary N) is 2. The minimum absolute atomic E-state index is 0.206. The van der Waals surface area contributed by atoms with Crippen molar-refractivity contribution in [2.45, 2.75) is 79.1 Å². The molecule has 2 aromatic carbocycles. The Kier molecular flexibility index (Phi) is 8.67. The summed E-state index contributed by atoms with van der Waals surface area (Å²) in [6, 6.07) is 17.2. The Morgan fingerprint density at radius 1 is 0.528 bits per heavy atom. The molecule has 5 heteroatoms. The van der Waals surface area contributed by atoms with Gasteiger partial charge in [-0.25, -0.2) is 4.98 Å². The van der Waals surface area contributed by atoms with Crippen molar-refractivity contribution < 1.29 is 9.59 Å². The van der Waals surface area contributed by atoms with Crippen LogP contribution in [0.5, 0.6) is 0 Å². The maximum atomic E-state index is 13.3. The summed E-state index contributed by atoms with van der Waals surface area (Å²) in [6.07, 6.45) is 0. The van der Waals surface area contributed by atoms with Crippen molar-refractivity contribution >= 4 is 23.2 Å². The molecule has 0 spiro atoms. The molecule has 3 aromatic rings. The first kappa shape index (κ1) is 27.1. The lowest BCUT2D eigenvalue weighted by Gasteiger charge is -2.20. The molecule has 0 unspecified atom stereocenters. The third-order valence-corrected chi connectivity index (χ3v) is 6.44. The number of hydrogen-bond acceptors (Lipinski definition) is 3. The Balaban J connectivity index is 1.92. The zero-order chi connectivity index (χ0) is 26.6. The van der Waals surface area contributed by atoms with E-state index < -0.39 is 0 Å². The molecule has 3 rings (SSSR count). The van der Waals surface area contributed by atoms with Crippen molar-refractivity contribution in [3.8, 4) is 0 Å². The lowest BCUT2D eigenvalue weighted by Crippen LogP contribution is -2.21. The van der Waals surface area contributed by atoms with Crippen LogP contribution < -0.4 is 10.6 Å². The average Bonchev–Trinajstić information content (AvgIpc) is 2.83. The molecule has 0 atom stereocenters. The van der Waals surface area contributed by atoms with E-state index >= 15 is 0 Å². The molecular formula is C31H39N3O2. The quantitative estimate of drug-likeness (QED) is 0.339.